The van der Waals surface area contributed by atoms with Crippen LogP contribution >= 0.6 is 0 Å². The lowest BCUT2D eigenvalue weighted by molar-refractivity contribution is -0.116. The van der Waals surface area contributed by atoms with E-state index in [1.54, 1.807) is 30.3 Å². The number of hydrogen-bond acceptors (Lipinski definition) is 5. The van der Waals surface area contributed by atoms with Crippen LogP contribution in [0.5, 0.6) is 0 Å². The van der Waals surface area contributed by atoms with Crippen LogP contribution in [0.2, 0.25) is 0 Å². The molecular weight excluding hydrogens is 419 g/mol. The molecule has 0 spiro atoms. The first-order chi connectivity index (χ1) is 14.9. The Labute approximate surface area is 180 Å². The fourth-order valence-electron chi connectivity index (χ4n) is 3.76. The van der Waals surface area contributed by atoms with Crippen molar-refractivity contribution >= 4 is 21.4 Å². The molecule has 1 fully saturated rings. The molecule has 162 valence electrons. The molecule has 1 aromatic heterocycles. The number of aromatic nitrogens is 1. The predicted octanol–water partition coefficient (Wildman–Crippen LogP) is 4.77. The first kappa shape index (κ1) is 21.2. The predicted molar refractivity (Wildman–Crippen MR) is 115 cm³/mol. The highest BCUT2D eigenvalue weighted by Gasteiger charge is 2.30. The maximum absolute atomic E-state index is 13.0. The number of carbonyl (C=O) groups is 1. The van der Waals surface area contributed by atoms with Crippen molar-refractivity contribution in [3.8, 4) is 11.3 Å². The van der Waals surface area contributed by atoms with Gasteiger partial charge in [-0.2, -0.15) is 0 Å². The van der Waals surface area contributed by atoms with Crippen LogP contribution in [0.15, 0.2) is 64.0 Å². The van der Waals surface area contributed by atoms with Crippen LogP contribution in [0.1, 0.15) is 38.0 Å². The van der Waals surface area contributed by atoms with Gasteiger partial charge in [0.1, 0.15) is 5.82 Å². The highest BCUT2D eigenvalue weighted by atomic mass is 32.2. The molecule has 2 aromatic carbocycles. The molecule has 1 aliphatic carbocycles. The Bertz CT molecular complexity index is 1170. The Balaban J connectivity index is 1.36. The second-order valence-electron chi connectivity index (χ2n) is 7.65. The molecule has 1 aliphatic rings. The summed E-state index contributed by atoms with van der Waals surface area (Å²) < 4.78 is 44.2. The van der Waals surface area contributed by atoms with Gasteiger partial charge in [0.2, 0.25) is 5.91 Å². The Morgan fingerprint density at radius 3 is 2.61 bits per heavy atom. The Morgan fingerprint density at radius 2 is 1.87 bits per heavy atom. The minimum atomic E-state index is -3.38. The van der Waals surface area contributed by atoms with E-state index in [0.29, 0.717) is 35.7 Å². The molecular formula is C23H23FN2O4S. The summed E-state index contributed by atoms with van der Waals surface area (Å²) in [6.07, 6.45) is 5.20. The number of halogens is 1. The molecule has 0 bridgehead atoms. The standard InChI is InChI=1S/C23H23FN2O4S/c24-17-10-8-16(9-11-17)21-15-25-23(30-21)13-12-22(27)26-18-4-3-7-20(14-18)31(28,29)19-5-1-2-6-19/h3-4,7-11,14-15,19H,1-2,5-6,12-13H2,(H,26,27). The molecule has 0 saturated heterocycles. The summed E-state index contributed by atoms with van der Waals surface area (Å²) in [4.78, 5) is 16.8. The number of hydrogen-bond donors (Lipinski definition) is 1. The molecule has 31 heavy (non-hydrogen) atoms. The van der Waals surface area contributed by atoms with Gasteiger partial charge in [-0.3, -0.25) is 4.79 Å². The third kappa shape index (κ3) is 5.02. The number of carbonyl (C=O) groups excluding carboxylic acids is 1. The summed E-state index contributed by atoms with van der Waals surface area (Å²) in [7, 11) is -3.38. The Hall–Kier alpha value is -3.00. The zero-order valence-electron chi connectivity index (χ0n) is 16.9. The lowest BCUT2D eigenvalue weighted by Crippen LogP contribution is -2.18. The van der Waals surface area contributed by atoms with Crippen LogP contribution in [0, 0.1) is 5.82 Å². The first-order valence-electron chi connectivity index (χ1n) is 10.3. The summed E-state index contributed by atoms with van der Waals surface area (Å²) >= 11 is 0. The lowest BCUT2D eigenvalue weighted by atomic mass is 10.2. The fourth-order valence-corrected chi connectivity index (χ4v) is 5.66. The molecule has 0 atom stereocenters. The molecule has 4 rings (SSSR count). The monoisotopic (exact) mass is 442 g/mol. The molecule has 1 heterocycles. The minimum Gasteiger partial charge on any atom is -0.441 e. The van der Waals surface area contributed by atoms with E-state index in [9.17, 15) is 17.6 Å². The average Bonchev–Trinajstić information content (AvgIpc) is 3.46. The van der Waals surface area contributed by atoms with Gasteiger partial charge in [-0.05, 0) is 55.3 Å². The van der Waals surface area contributed by atoms with Gasteiger partial charge in [-0.15, -0.1) is 0 Å². The zero-order chi connectivity index (χ0) is 21.8. The molecule has 0 aliphatic heterocycles. The second kappa shape index (κ2) is 9.01. The molecule has 1 amide bonds. The molecule has 3 aromatic rings. The number of anilines is 1. The highest BCUT2D eigenvalue weighted by Crippen LogP contribution is 2.30. The molecule has 6 nitrogen and oxygen atoms in total. The van der Waals surface area contributed by atoms with Crippen molar-refractivity contribution in [3.63, 3.8) is 0 Å². The Kier molecular flexibility index (Phi) is 6.18. The summed E-state index contributed by atoms with van der Waals surface area (Å²) in [6, 6.07) is 12.3. The van der Waals surface area contributed by atoms with Gasteiger partial charge in [0.15, 0.2) is 21.5 Å². The van der Waals surface area contributed by atoms with E-state index in [4.69, 9.17) is 4.42 Å². The van der Waals surface area contributed by atoms with E-state index >= 15 is 0 Å². The summed E-state index contributed by atoms with van der Waals surface area (Å²) in [6.45, 7) is 0. The van der Waals surface area contributed by atoms with E-state index in [0.717, 1.165) is 12.8 Å². The number of oxazole rings is 1. The van der Waals surface area contributed by atoms with Gasteiger partial charge >= 0.3 is 0 Å². The van der Waals surface area contributed by atoms with E-state index in [-0.39, 0.29) is 34.7 Å². The fraction of sp³-hybridized carbons (Fsp3) is 0.304. The van der Waals surface area contributed by atoms with Gasteiger partial charge < -0.3 is 9.73 Å². The minimum absolute atomic E-state index is 0.128. The number of aryl methyl sites for hydroxylation is 1. The quantitative estimate of drug-likeness (QED) is 0.569. The van der Waals surface area contributed by atoms with Crippen molar-refractivity contribution in [2.75, 3.05) is 5.32 Å². The number of nitrogens with zero attached hydrogens (tertiary/aromatic N) is 1. The number of sulfone groups is 1. The van der Waals surface area contributed by atoms with Crippen molar-refractivity contribution in [2.45, 2.75) is 48.7 Å². The summed E-state index contributed by atoms with van der Waals surface area (Å²) in [5.41, 5.74) is 1.15. The second-order valence-corrected chi connectivity index (χ2v) is 9.88. The molecule has 0 unspecified atom stereocenters. The third-order valence-electron chi connectivity index (χ3n) is 5.44. The van der Waals surface area contributed by atoms with Crippen molar-refractivity contribution in [1.29, 1.82) is 0 Å². The number of benzene rings is 2. The van der Waals surface area contributed by atoms with Crippen LogP contribution < -0.4 is 5.32 Å². The first-order valence-corrected chi connectivity index (χ1v) is 11.8. The molecule has 1 saturated carbocycles. The van der Waals surface area contributed by atoms with Gasteiger partial charge in [0, 0.05) is 24.1 Å². The van der Waals surface area contributed by atoms with Crippen molar-refractivity contribution in [2.24, 2.45) is 0 Å². The normalized spacial score (nSPS) is 14.6. The lowest BCUT2D eigenvalue weighted by Gasteiger charge is -2.12. The van der Waals surface area contributed by atoms with Gasteiger partial charge in [-0.1, -0.05) is 18.9 Å². The van der Waals surface area contributed by atoms with Crippen molar-refractivity contribution < 1.29 is 22.0 Å². The largest absolute Gasteiger partial charge is 0.441 e. The Morgan fingerprint density at radius 1 is 1.13 bits per heavy atom. The highest BCUT2D eigenvalue weighted by molar-refractivity contribution is 7.92. The van der Waals surface area contributed by atoms with Crippen LogP contribution in [-0.2, 0) is 21.1 Å². The topological polar surface area (TPSA) is 89.3 Å². The molecule has 1 N–H and O–H groups in total. The van der Waals surface area contributed by atoms with E-state index in [2.05, 4.69) is 10.3 Å². The maximum atomic E-state index is 13.0. The van der Waals surface area contributed by atoms with Gasteiger partial charge in [0.25, 0.3) is 0 Å². The van der Waals surface area contributed by atoms with Crippen LogP contribution in [0.4, 0.5) is 10.1 Å². The van der Waals surface area contributed by atoms with Gasteiger partial charge in [0.05, 0.1) is 16.3 Å². The number of amides is 1. The maximum Gasteiger partial charge on any atom is 0.224 e. The van der Waals surface area contributed by atoms with Crippen molar-refractivity contribution in [3.05, 3.63) is 66.4 Å². The van der Waals surface area contributed by atoms with E-state index in [1.807, 2.05) is 0 Å². The van der Waals surface area contributed by atoms with Crippen molar-refractivity contribution in [1.82, 2.24) is 4.98 Å². The van der Waals surface area contributed by atoms with Gasteiger partial charge in [-0.25, -0.2) is 17.8 Å². The number of nitrogens with one attached hydrogen (secondary N) is 1. The molecule has 0 radical (unpaired) electrons. The van der Waals surface area contributed by atoms with Crippen LogP contribution in [0.25, 0.3) is 11.3 Å². The van der Waals surface area contributed by atoms with Crippen LogP contribution in [-0.4, -0.2) is 24.6 Å². The van der Waals surface area contributed by atoms with E-state index < -0.39 is 9.84 Å². The third-order valence-corrected chi connectivity index (χ3v) is 7.70. The number of rotatable bonds is 7. The SMILES string of the molecule is O=C(CCc1ncc(-c2ccc(F)cc2)o1)Nc1cccc(S(=O)(=O)C2CCCC2)c1. The summed E-state index contributed by atoms with van der Waals surface area (Å²) in [5, 5.41) is 2.41. The molecule has 8 heteroatoms. The van der Waals surface area contributed by atoms with E-state index in [1.165, 1.54) is 24.4 Å². The zero-order valence-corrected chi connectivity index (χ0v) is 17.7. The average molecular weight is 443 g/mol. The van der Waals surface area contributed by atoms with Crippen LogP contribution in [0.3, 0.4) is 0 Å². The smallest absolute Gasteiger partial charge is 0.224 e. The summed E-state index contributed by atoms with van der Waals surface area (Å²) in [5.74, 6) is 0.296.